The van der Waals surface area contributed by atoms with Crippen LogP contribution in [0.4, 0.5) is 4.39 Å². The van der Waals surface area contributed by atoms with Gasteiger partial charge in [0.2, 0.25) is 0 Å². The Morgan fingerprint density at radius 2 is 2.25 bits per heavy atom. The third kappa shape index (κ3) is 2.86. The number of hydrogen-bond acceptors (Lipinski definition) is 3. The molecule has 20 heavy (non-hydrogen) atoms. The molecule has 2 unspecified atom stereocenters. The number of hydrogen-bond donors (Lipinski definition) is 1. The Morgan fingerprint density at radius 3 is 3.00 bits per heavy atom. The summed E-state index contributed by atoms with van der Waals surface area (Å²) in [5, 5.41) is 0.768. The minimum Gasteiger partial charge on any atom is -0.456 e. The molecule has 0 bridgehead atoms. The maximum atomic E-state index is 13.6. The fourth-order valence-corrected chi connectivity index (χ4v) is 2.77. The van der Waals surface area contributed by atoms with E-state index < -0.39 is 0 Å². The topological polar surface area (TPSA) is 48.4 Å². The van der Waals surface area contributed by atoms with Crippen LogP contribution in [-0.4, -0.2) is 12.7 Å². The van der Waals surface area contributed by atoms with E-state index in [2.05, 4.69) is 0 Å². The highest BCUT2D eigenvalue weighted by molar-refractivity contribution is 5.78. The molecular weight excluding hydrogens is 257 g/mol. The first-order valence-corrected chi connectivity index (χ1v) is 7.29. The van der Waals surface area contributed by atoms with E-state index in [4.69, 9.17) is 14.9 Å². The zero-order chi connectivity index (χ0) is 13.9. The molecule has 0 spiro atoms. The zero-order valence-corrected chi connectivity index (χ0v) is 11.5. The molecular formula is C16H20FNO2. The third-order valence-electron chi connectivity index (χ3n) is 3.95. The van der Waals surface area contributed by atoms with Crippen LogP contribution in [0.15, 0.2) is 28.7 Å². The number of para-hydroxylation sites is 1. The van der Waals surface area contributed by atoms with Gasteiger partial charge < -0.3 is 14.9 Å². The van der Waals surface area contributed by atoms with E-state index in [1.807, 2.05) is 12.1 Å². The molecule has 2 atom stereocenters. The first-order valence-electron chi connectivity index (χ1n) is 7.29. The molecule has 2 aromatic rings. The highest BCUT2D eigenvalue weighted by Crippen LogP contribution is 2.28. The Labute approximate surface area is 117 Å². The van der Waals surface area contributed by atoms with E-state index in [1.165, 1.54) is 12.5 Å². The van der Waals surface area contributed by atoms with Gasteiger partial charge in [-0.3, -0.25) is 0 Å². The molecule has 3 rings (SSSR count). The fraction of sp³-hybridized carbons (Fsp3) is 0.500. The highest BCUT2D eigenvalue weighted by atomic mass is 19.1. The average Bonchev–Trinajstić information content (AvgIpc) is 2.91. The maximum absolute atomic E-state index is 13.6. The van der Waals surface area contributed by atoms with Crippen molar-refractivity contribution in [2.24, 2.45) is 5.73 Å². The van der Waals surface area contributed by atoms with Gasteiger partial charge in [-0.2, -0.15) is 0 Å². The van der Waals surface area contributed by atoms with Crippen LogP contribution in [0, 0.1) is 5.82 Å². The zero-order valence-electron chi connectivity index (χ0n) is 11.5. The Hall–Kier alpha value is -1.39. The van der Waals surface area contributed by atoms with E-state index in [-0.39, 0.29) is 11.9 Å². The van der Waals surface area contributed by atoms with E-state index in [0.717, 1.165) is 37.7 Å². The molecule has 2 N–H and O–H groups in total. The van der Waals surface area contributed by atoms with Crippen molar-refractivity contribution >= 4 is 11.0 Å². The second-order valence-corrected chi connectivity index (χ2v) is 5.48. The van der Waals surface area contributed by atoms with E-state index in [9.17, 15) is 4.39 Å². The average molecular weight is 277 g/mol. The summed E-state index contributed by atoms with van der Waals surface area (Å²) in [6.45, 7) is 0.857. The summed E-state index contributed by atoms with van der Waals surface area (Å²) >= 11 is 0. The lowest BCUT2D eigenvalue weighted by molar-refractivity contribution is 0.00887. The van der Waals surface area contributed by atoms with Crippen LogP contribution in [0.1, 0.15) is 43.9 Å². The van der Waals surface area contributed by atoms with Crippen molar-refractivity contribution in [3.63, 3.8) is 0 Å². The first kappa shape index (κ1) is 13.6. The van der Waals surface area contributed by atoms with Crippen LogP contribution in [0.5, 0.6) is 0 Å². The quantitative estimate of drug-likeness (QED) is 0.921. The standard InChI is InChI=1S/C16H20FNO2/c17-13-6-3-4-11-10-15(20-16(11)13)14(18)8-7-12-5-1-2-9-19-12/h3-4,6,10,12,14H,1-2,5,7-9,18H2. The van der Waals surface area contributed by atoms with Crippen molar-refractivity contribution in [3.8, 4) is 0 Å². The number of nitrogens with two attached hydrogens (primary N) is 1. The molecule has 108 valence electrons. The third-order valence-corrected chi connectivity index (χ3v) is 3.95. The summed E-state index contributed by atoms with van der Waals surface area (Å²) in [6, 6.07) is 6.55. The number of benzene rings is 1. The second kappa shape index (κ2) is 5.94. The van der Waals surface area contributed by atoms with Crippen LogP contribution in [0.2, 0.25) is 0 Å². The monoisotopic (exact) mass is 277 g/mol. The number of furan rings is 1. The lowest BCUT2D eigenvalue weighted by Crippen LogP contribution is -2.21. The van der Waals surface area contributed by atoms with Gasteiger partial charge in [-0.15, -0.1) is 0 Å². The molecule has 1 fully saturated rings. The molecule has 4 heteroatoms. The number of rotatable bonds is 4. The van der Waals surface area contributed by atoms with Gasteiger partial charge in [0.25, 0.3) is 0 Å². The van der Waals surface area contributed by atoms with Gasteiger partial charge in [0.05, 0.1) is 12.1 Å². The summed E-state index contributed by atoms with van der Waals surface area (Å²) in [5.41, 5.74) is 6.45. The van der Waals surface area contributed by atoms with Crippen molar-refractivity contribution < 1.29 is 13.5 Å². The minimum atomic E-state index is -0.337. The molecule has 3 nitrogen and oxygen atoms in total. The van der Waals surface area contributed by atoms with Gasteiger partial charge in [-0.1, -0.05) is 12.1 Å². The highest BCUT2D eigenvalue weighted by Gasteiger charge is 2.18. The van der Waals surface area contributed by atoms with Crippen LogP contribution in [-0.2, 0) is 4.74 Å². The molecule has 0 aliphatic carbocycles. The number of fused-ring (bicyclic) bond motifs is 1. The molecule has 1 aromatic carbocycles. The van der Waals surface area contributed by atoms with Gasteiger partial charge in [0, 0.05) is 12.0 Å². The Bertz CT molecular complexity index is 575. The molecule has 0 radical (unpaired) electrons. The number of ether oxygens (including phenoxy) is 1. The molecule has 0 amide bonds. The van der Waals surface area contributed by atoms with Crippen LogP contribution < -0.4 is 5.73 Å². The number of halogens is 1. The predicted molar refractivity (Wildman–Crippen MR) is 75.9 cm³/mol. The molecule has 1 aliphatic rings. The van der Waals surface area contributed by atoms with Gasteiger partial charge in [0.1, 0.15) is 5.76 Å². The molecule has 2 heterocycles. The molecule has 1 aliphatic heterocycles. The first-order chi connectivity index (χ1) is 9.74. The van der Waals surface area contributed by atoms with Gasteiger partial charge >= 0.3 is 0 Å². The van der Waals surface area contributed by atoms with Crippen molar-refractivity contribution in [3.05, 3.63) is 35.8 Å². The van der Waals surface area contributed by atoms with Crippen LogP contribution in [0.25, 0.3) is 11.0 Å². The van der Waals surface area contributed by atoms with Crippen molar-refractivity contribution in [2.75, 3.05) is 6.61 Å². The normalized spacial score (nSPS) is 21.2. The minimum absolute atomic E-state index is 0.202. The Balaban J connectivity index is 1.65. The summed E-state index contributed by atoms with van der Waals surface area (Å²) in [4.78, 5) is 0. The SMILES string of the molecule is NC(CCC1CCCCO1)c1cc2cccc(F)c2o1. The van der Waals surface area contributed by atoms with E-state index >= 15 is 0 Å². The van der Waals surface area contributed by atoms with Crippen molar-refractivity contribution in [2.45, 2.75) is 44.2 Å². The predicted octanol–water partition coefficient (Wildman–Crippen LogP) is 3.92. The van der Waals surface area contributed by atoms with Crippen LogP contribution >= 0.6 is 0 Å². The maximum Gasteiger partial charge on any atom is 0.169 e. The van der Waals surface area contributed by atoms with E-state index in [1.54, 1.807) is 6.07 Å². The smallest absolute Gasteiger partial charge is 0.169 e. The Morgan fingerprint density at radius 1 is 1.35 bits per heavy atom. The summed E-state index contributed by atoms with van der Waals surface area (Å²) < 4.78 is 24.8. The van der Waals surface area contributed by atoms with Crippen molar-refractivity contribution in [1.29, 1.82) is 0 Å². The summed E-state index contributed by atoms with van der Waals surface area (Å²) in [5.74, 6) is 0.317. The Kier molecular flexibility index (Phi) is 4.03. The van der Waals surface area contributed by atoms with Gasteiger partial charge in [-0.05, 0) is 44.2 Å². The van der Waals surface area contributed by atoms with E-state index in [0.29, 0.717) is 17.4 Å². The van der Waals surface area contributed by atoms with Gasteiger partial charge in [-0.25, -0.2) is 4.39 Å². The largest absolute Gasteiger partial charge is 0.456 e. The molecule has 0 saturated carbocycles. The summed E-state index contributed by atoms with van der Waals surface area (Å²) in [7, 11) is 0. The van der Waals surface area contributed by atoms with Gasteiger partial charge in [0.15, 0.2) is 11.4 Å². The second-order valence-electron chi connectivity index (χ2n) is 5.48. The summed E-state index contributed by atoms with van der Waals surface area (Å²) in [6.07, 6.45) is 5.55. The lowest BCUT2D eigenvalue weighted by atomic mass is 10.0. The van der Waals surface area contributed by atoms with Crippen LogP contribution in [0.3, 0.4) is 0 Å². The van der Waals surface area contributed by atoms with Crippen molar-refractivity contribution in [1.82, 2.24) is 0 Å². The molecule has 1 aromatic heterocycles. The fourth-order valence-electron chi connectivity index (χ4n) is 2.77. The molecule has 1 saturated heterocycles. The lowest BCUT2D eigenvalue weighted by Gasteiger charge is -2.23.